The summed E-state index contributed by atoms with van der Waals surface area (Å²) in [6.07, 6.45) is 2.49. The Morgan fingerprint density at radius 2 is 1.97 bits per heavy atom. The number of furan rings is 1. The molecule has 31 heavy (non-hydrogen) atoms. The number of amides is 1. The van der Waals surface area contributed by atoms with E-state index in [0.29, 0.717) is 23.9 Å². The molecule has 3 aromatic rings. The minimum Gasteiger partial charge on any atom is -0.503 e. The number of carbonyl (C=O) groups is 2. The molecule has 1 aliphatic heterocycles. The quantitative estimate of drug-likeness (QED) is 0.324. The number of carbonyl (C=O) groups excluding carboxylic acids is 2. The van der Waals surface area contributed by atoms with Crippen LogP contribution in [-0.2, 0) is 4.79 Å². The molecule has 0 fully saturated rings. The average Bonchev–Trinajstić information content (AvgIpc) is 3.28. The second kappa shape index (κ2) is 8.67. The molecule has 5 nitrogen and oxygen atoms in total. The average molecular weight is 486 g/mol. The number of fused-ring (bicyclic) bond motifs is 1. The monoisotopic (exact) mass is 485 g/mol. The number of nitrogens with zero attached hydrogens (tertiary/aromatic N) is 1. The van der Waals surface area contributed by atoms with Gasteiger partial charge in [0.1, 0.15) is 11.4 Å². The van der Waals surface area contributed by atoms with Crippen LogP contribution in [0.2, 0.25) is 0 Å². The third-order valence-electron chi connectivity index (χ3n) is 5.45. The zero-order valence-electron chi connectivity index (χ0n) is 16.9. The van der Waals surface area contributed by atoms with E-state index in [1.54, 1.807) is 36.4 Å². The fourth-order valence-electron chi connectivity index (χ4n) is 3.93. The summed E-state index contributed by atoms with van der Waals surface area (Å²) in [7, 11) is 0. The molecular formula is C24H21BrFNO4. The van der Waals surface area contributed by atoms with Gasteiger partial charge in [0.2, 0.25) is 5.78 Å². The molecule has 0 spiro atoms. The van der Waals surface area contributed by atoms with Crippen LogP contribution in [0.15, 0.2) is 68.8 Å². The molecule has 1 N–H and O–H groups in total. The Bertz CT molecular complexity index is 1200. The van der Waals surface area contributed by atoms with E-state index in [1.165, 1.54) is 17.0 Å². The Kier molecular flexibility index (Phi) is 5.96. The Morgan fingerprint density at radius 3 is 2.71 bits per heavy atom. The molecule has 1 unspecified atom stereocenters. The molecule has 7 heteroatoms. The summed E-state index contributed by atoms with van der Waals surface area (Å²) in [4.78, 5) is 27.6. The maximum atomic E-state index is 14.7. The summed E-state index contributed by atoms with van der Waals surface area (Å²) < 4.78 is 21.2. The van der Waals surface area contributed by atoms with Crippen LogP contribution >= 0.6 is 15.9 Å². The molecule has 1 atom stereocenters. The number of aliphatic hydroxyl groups excluding tert-OH is 1. The van der Waals surface area contributed by atoms with Crippen molar-refractivity contribution >= 4 is 38.6 Å². The van der Waals surface area contributed by atoms with E-state index >= 15 is 0 Å². The van der Waals surface area contributed by atoms with Crippen LogP contribution < -0.4 is 0 Å². The fraction of sp³-hybridized carbons (Fsp3) is 0.250. The van der Waals surface area contributed by atoms with Gasteiger partial charge in [-0.15, -0.1) is 0 Å². The van der Waals surface area contributed by atoms with Crippen LogP contribution in [0.3, 0.4) is 0 Å². The predicted molar refractivity (Wildman–Crippen MR) is 118 cm³/mol. The molecule has 0 aliphatic carbocycles. The van der Waals surface area contributed by atoms with Crippen molar-refractivity contribution in [3.8, 4) is 0 Å². The lowest BCUT2D eigenvalue weighted by atomic mass is 9.94. The molecule has 0 saturated carbocycles. The third-order valence-corrected chi connectivity index (χ3v) is 5.95. The smallest absolute Gasteiger partial charge is 0.290 e. The van der Waals surface area contributed by atoms with Gasteiger partial charge >= 0.3 is 0 Å². The van der Waals surface area contributed by atoms with Crippen LogP contribution in [0, 0.1) is 5.82 Å². The van der Waals surface area contributed by atoms with E-state index in [0.717, 1.165) is 17.3 Å². The number of benzene rings is 2. The lowest BCUT2D eigenvalue weighted by Crippen LogP contribution is -2.32. The highest BCUT2D eigenvalue weighted by Gasteiger charge is 2.45. The molecule has 2 aromatic carbocycles. The number of unbranched alkanes of at least 4 members (excludes halogenated alkanes) is 2. The predicted octanol–water partition coefficient (Wildman–Crippen LogP) is 6.10. The maximum Gasteiger partial charge on any atom is 0.290 e. The van der Waals surface area contributed by atoms with E-state index in [9.17, 15) is 19.1 Å². The SMILES string of the molecule is CCCCCN1C(=O)C(O)=C(C(=O)c2cc3cc(Br)ccc3o2)C1c1ccccc1F. The Morgan fingerprint density at radius 1 is 1.19 bits per heavy atom. The van der Waals surface area contributed by atoms with E-state index in [1.807, 2.05) is 6.92 Å². The molecule has 2 heterocycles. The van der Waals surface area contributed by atoms with Crippen LogP contribution in [0.25, 0.3) is 11.0 Å². The summed E-state index contributed by atoms with van der Waals surface area (Å²) in [5.74, 6) is -2.53. The highest BCUT2D eigenvalue weighted by Crippen LogP contribution is 2.40. The molecular weight excluding hydrogens is 465 g/mol. The van der Waals surface area contributed by atoms with Crippen molar-refractivity contribution in [1.82, 2.24) is 4.90 Å². The molecule has 1 amide bonds. The first-order valence-corrected chi connectivity index (χ1v) is 10.9. The van der Waals surface area contributed by atoms with Crippen molar-refractivity contribution in [3.05, 3.63) is 81.5 Å². The van der Waals surface area contributed by atoms with Crippen molar-refractivity contribution in [2.24, 2.45) is 0 Å². The Labute approximate surface area is 187 Å². The molecule has 1 aromatic heterocycles. The van der Waals surface area contributed by atoms with Gasteiger partial charge in [-0.3, -0.25) is 9.59 Å². The van der Waals surface area contributed by atoms with Crippen molar-refractivity contribution in [2.75, 3.05) is 6.54 Å². The molecule has 160 valence electrons. The van der Waals surface area contributed by atoms with E-state index < -0.39 is 29.3 Å². The van der Waals surface area contributed by atoms with Crippen molar-refractivity contribution in [2.45, 2.75) is 32.2 Å². The summed E-state index contributed by atoms with van der Waals surface area (Å²) in [5.41, 5.74) is 0.501. The zero-order chi connectivity index (χ0) is 22.1. The van der Waals surface area contributed by atoms with Crippen molar-refractivity contribution < 1.29 is 23.5 Å². The van der Waals surface area contributed by atoms with Gasteiger partial charge in [-0.25, -0.2) is 4.39 Å². The number of halogens is 2. The van der Waals surface area contributed by atoms with Gasteiger partial charge in [-0.1, -0.05) is 53.9 Å². The number of aliphatic hydroxyl groups is 1. The minimum atomic E-state index is -1.02. The largest absolute Gasteiger partial charge is 0.503 e. The molecule has 0 saturated heterocycles. The zero-order valence-corrected chi connectivity index (χ0v) is 18.5. The highest BCUT2D eigenvalue weighted by molar-refractivity contribution is 9.10. The third kappa shape index (κ3) is 3.90. The fourth-order valence-corrected chi connectivity index (χ4v) is 4.31. The molecule has 0 radical (unpaired) electrons. The second-order valence-electron chi connectivity index (χ2n) is 7.51. The number of Topliss-reactive ketones (excluding diaryl/α,β-unsaturated/α-hetero) is 1. The molecule has 4 rings (SSSR count). The molecule has 0 bridgehead atoms. The van der Waals surface area contributed by atoms with Gasteiger partial charge in [-0.05, 0) is 36.8 Å². The highest BCUT2D eigenvalue weighted by atomic mass is 79.9. The first kappa shape index (κ1) is 21.3. The van der Waals surface area contributed by atoms with Crippen LogP contribution in [0.5, 0.6) is 0 Å². The number of hydrogen-bond acceptors (Lipinski definition) is 4. The van der Waals surface area contributed by atoms with Crippen LogP contribution in [-0.4, -0.2) is 28.2 Å². The van der Waals surface area contributed by atoms with Crippen molar-refractivity contribution in [1.29, 1.82) is 0 Å². The summed E-state index contributed by atoms with van der Waals surface area (Å²) in [6.45, 7) is 2.34. The normalized spacial score (nSPS) is 16.5. The minimum absolute atomic E-state index is 0.0146. The topological polar surface area (TPSA) is 70.8 Å². The lowest BCUT2D eigenvalue weighted by molar-refractivity contribution is -0.129. The van der Waals surface area contributed by atoms with Crippen molar-refractivity contribution in [3.63, 3.8) is 0 Å². The van der Waals surface area contributed by atoms with E-state index in [2.05, 4.69) is 15.9 Å². The Hall–Kier alpha value is -2.93. The van der Waals surface area contributed by atoms with Gasteiger partial charge in [0, 0.05) is 22.0 Å². The van der Waals surface area contributed by atoms with Gasteiger partial charge in [0.05, 0.1) is 11.6 Å². The van der Waals surface area contributed by atoms with Gasteiger partial charge < -0.3 is 14.4 Å². The first-order chi connectivity index (χ1) is 14.9. The van der Waals surface area contributed by atoms with E-state index in [-0.39, 0.29) is 16.9 Å². The number of rotatable bonds is 7. The van der Waals surface area contributed by atoms with Crippen LogP contribution in [0.4, 0.5) is 4.39 Å². The van der Waals surface area contributed by atoms with Gasteiger partial charge in [0.15, 0.2) is 11.5 Å². The lowest BCUT2D eigenvalue weighted by Gasteiger charge is -2.27. The van der Waals surface area contributed by atoms with Gasteiger partial charge in [-0.2, -0.15) is 0 Å². The summed E-state index contributed by atoms with van der Waals surface area (Å²) in [6, 6.07) is 11.8. The maximum absolute atomic E-state index is 14.7. The van der Waals surface area contributed by atoms with Crippen LogP contribution in [0.1, 0.15) is 48.3 Å². The number of ketones is 1. The summed E-state index contributed by atoms with van der Waals surface area (Å²) in [5, 5.41) is 11.4. The first-order valence-electron chi connectivity index (χ1n) is 10.1. The molecule has 1 aliphatic rings. The Balaban J connectivity index is 1.79. The van der Waals surface area contributed by atoms with E-state index in [4.69, 9.17) is 4.42 Å². The summed E-state index contributed by atoms with van der Waals surface area (Å²) >= 11 is 3.38. The second-order valence-corrected chi connectivity index (χ2v) is 8.43. The standard InChI is InChI=1S/C24H21BrFNO4/c1-2-3-6-11-27-21(16-7-4-5-8-17(16)26)20(23(29)24(27)30)22(28)19-13-14-12-15(25)9-10-18(14)31-19/h4-5,7-10,12-13,21,29H,2-3,6,11H2,1H3. The number of hydrogen-bond donors (Lipinski definition) is 1. The van der Waals surface area contributed by atoms with Gasteiger partial charge in [0.25, 0.3) is 5.91 Å².